The second-order valence-corrected chi connectivity index (χ2v) is 2.06. The fourth-order valence-electron chi connectivity index (χ4n) is 0.714. The van der Waals surface area contributed by atoms with E-state index in [0.29, 0.717) is 5.57 Å². The van der Waals surface area contributed by atoms with Crippen LogP contribution in [0, 0.1) is 0 Å². The molecular formula is C6H8O3. The lowest BCUT2D eigenvalue weighted by Gasteiger charge is -1.99. The van der Waals surface area contributed by atoms with Crippen molar-refractivity contribution in [2.24, 2.45) is 0 Å². The van der Waals surface area contributed by atoms with E-state index >= 15 is 0 Å². The number of rotatable bonds is 0. The van der Waals surface area contributed by atoms with E-state index in [9.17, 15) is 4.79 Å². The molecule has 1 rings (SSSR count). The summed E-state index contributed by atoms with van der Waals surface area (Å²) in [5.74, 6) is -0.361. The van der Waals surface area contributed by atoms with Crippen molar-refractivity contribution in [3.8, 4) is 0 Å². The summed E-state index contributed by atoms with van der Waals surface area (Å²) < 4.78 is 4.62. The van der Waals surface area contributed by atoms with Crippen molar-refractivity contribution >= 4 is 5.97 Å². The van der Waals surface area contributed by atoms with Crippen LogP contribution in [0.4, 0.5) is 0 Å². The highest BCUT2D eigenvalue weighted by Gasteiger charge is 2.26. The van der Waals surface area contributed by atoms with Crippen LogP contribution >= 0.6 is 0 Å². The maximum Gasteiger partial charge on any atom is 0.337 e. The Morgan fingerprint density at radius 2 is 2.22 bits per heavy atom. The molecule has 0 saturated carbocycles. The summed E-state index contributed by atoms with van der Waals surface area (Å²) in [6.45, 7) is 3.17. The molecule has 0 aromatic heterocycles. The molecule has 0 unspecified atom stereocenters. The van der Waals surface area contributed by atoms with Gasteiger partial charge in [0.15, 0.2) is 6.10 Å². The average molecular weight is 128 g/mol. The summed E-state index contributed by atoms with van der Waals surface area (Å²) >= 11 is 0. The summed E-state index contributed by atoms with van der Waals surface area (Å²) in [4.78, 5) is 10.6. The van der Waals surface area contributed by atoms with E-state index in [1.165, 1.54) is 0 Å². The molecule has 0 saturated heterocycles. The van der Waals surface area contributed by atoms with Gasteiger partial charge in [-0.25, -0.2) is 4.79 Å². The van der Waals surface area contributed by atoms with Crippen LogP contribution in [0.15, 0.2) is 11.3 Å². The van der Waals surface area contributed by atoms with Crippen LogP contribution in [0.2, 0.25) is 0 Å². The lowest BCUT2D eigenvalue weighted by molar-refractivity contribution is -0.139. The number of esters is 1. The number of carbonyl (C=O) groups is 1. The van der Waals surface area contributed by atoms with Gasteiger partial charge in [0.25, 0.3) is 0 Å². The molecule has 1 heterocycles. The summed E-state index contributed by atoms with van der Waals surface area (Å²) in [6, 6.07) is 0. The van der Waals surface area contributed by atoms with Crippen LogP contribution in [0.5, 0.6) is 0 Å². The Kier molecular flexibility index (Phi) is 1.20. The van der Waals surface area contributed by atoms with Crippen molar-refractivity contribution in [2.45, 2.75) is 20.0 Å². The van der Waals surface area contributed by atoms with Crippen LogP contribution in [-0.4, -0.2) is 17.2 Å². The normalized spacial score (nSPS) is 26.9. The third-order valence-corrected chi connectivity index (χ3v) is 1.36. The monoisotopic (exact) mass is 128 g/mol. The number of carbonyl (C=O) groups excluding carboxylic acids is 1. The minimum atomic E-state index is -0.447. The van der Waals surface area contributed by atoms with Gasteiger partial charge in [0.05, 0.1) is 5.57 Å². The van der Waals surface area contributed by atoms with Gasteiger partial charge in [-0.15, -0.1) is 0 Å². The van der Waals surface area contributed by atoms with Gasteiger partial charge >= 0.3 is 5.97 Å². The van der Waals surface area contributed by atoms with Crippen LogP contribution < -0.4 is 0 Å². The number of ether oxygens (including phenoxy) is 1. The smallest absolute Gasteiger partial charge is 0.337 e. The summed E-state index contributed by atoms with van der Waals surface area (Å²) in [5, 5.41) is 8.97. The van der Waals surface area contributed by atoms with E-state index in [0.717, 1.165) is 0 Å². The third-order valence-electron chi connectivity index (χ3n) is 1.36. The second kappa shape index (κ2) is 1.76. The topological polar surface area (TPSA) is 46.5 Å². The summed E-state index contributed by atoms with van der Waals surface area (Å²) in [6.07, 6.45) is -0.447. The van der Waals surface area contributed by atoms with E-state index in [-0.39, 0.29) is 5.76 Å². The van der Waals surface area contributed by atoms with Gasteiger partial charge in [-0.05, 0) is 13.8 Å². The standard InChI is InChI=1S/C6H8O3/c1-3-5(7)4(2)9-6(3)8/h4,7H,1-2H3/t4-/m1/s1. The molecular weight excluding hydrogens is 120 g/mol. The van der Waals surface area contributed by atoms with E-state index in [1.807, 2.05) is 0 Å². The first-order valence-electron chi connectivity index (χ1n) is 2.73. The Bertz CT molecular complexity index is 181. The fourth-order valence-corrected chi connectivity index (χ4v) is 0.714. The maximum absolute atomic E-state index is 10.6. The Labute approximate surface area is 52.9 Å². The quantitative estimate of drug-likeness (QED) is 0.490. The molecule has 9 heavy (non-hydrogen) atoms. The Morgan fingerprint density at radius 1 is 1.67 bits per heavy atom. The van der Waals surface area contributed by atoms with Crippen molar-refractivity contribution in [1.82, 2.24) is 0 Å². The van der Waals surface area contributed by atoms with Crippen LogP contribution in [-0.2, 0) is 9.53 Å². The molecule has 0 fully saturated rings. The Hall–Kier alpha value is -0.990. The summed E-state index contributed by atoms with van der Waals surface area (Å²) in [7, 11) is 0. The Morgan fingerprint density at radius 3 is 2.33 bits per heavy atom. The van der Waals surface area contributed by atoms with Gasteiger partial charge in [0, 0.05) is 0 Å². The van der Waals surface area contributed by atoms with Gasteiger partial charge in [-0.3, -0.25) is 0 Å². The molecule has 0 spiro atoms. The zero-order valence-corrected chi connectivity index (χ0v) is 5.34. The van der Waals surface area contributed by atoms with Crippen LogP contribution in [0.3, 0.4) is 0 Å². The first-order valence-corrected chi connectivity index (χ1v) is 2.73. The number of hydrogen-bond acceptors (Lipinski definition) is 3. The number of hydrogen-bond donors (Lipinski definition) is 1. The molecule has 0 bridgehead atoms. The molecule has 1 N–H and O–H groups in total. The SMILES string of the molecule is CC1=C(O)[C@@H](C)OC1=O. The van der Waals surface area contributed by atoms with Crippen molar-refractivity contribution in [3.63, 3.8) is 0 Å². The molecule has 1 aliphatic heterocycles. The van der Waals surface area contributed by atoms with Crippen molar-refractivity contribution in [1.29, 1.82) is 0 Å². The number of aliphatic hydroxyl groups excluding tert-OH is 1. The van der Waals surface area contributed by atoms with E-state index < -0.39 is 12.1 Å². The molecule has 0 amide bonds. The lowest BCUT2D eigenvalue weighted by atomic mass is 10.2. The molecule has 50 valence electrons. The first kappa shape index (κ1) is 6.13. The molecule has 0 aromatic carbocycles. The molecule has 1 aliphatic rings. The van der Waals surface area contributed by atoms with E-state index in [4.69, 9.17) is 5.11 Å². The first-order chi connectivity index (χ1) is 4.13. The lowest BCUT2D eigenvalue weighted by Crippen LogP contribution is -2.05. The van der Waals surface area contributed by atoms with Crippen molar-refractivity contribution in [2.75, 3.05) is 0 Å². The molecule has 1 atom stereocenters. The molecule has 3 heteroatoms. The minimum Gasteiger partial charge on any atom is -0.508 e. The second-order valence-electron chi connectivity index (χ2n) is 2.06. The predicted octanol–water partition coefficient (Wildman–Crippen LogP) is 0.764. The van der Waals surface area contributed by atoms with Gasteiger partial charge in [0.1, 0.15) is 5.76 Å². The molecule has 0 radical (unpaired) electrons. The number of aliphatic hydroxyl groups is 1. The minimum absolute atomic E-state index is 0.0556. The maximum atomic E-state index is 10.6. The number of cyclic esters (lactones) is 1. The highest BCUT2D eigenvalue weighted by molar-refractivity contribution is 5.90. The zero-order valence-electron chi connectivity index (χ0n) is 5.34. The zero-order chi connectivity index (χ0) is 7.02. The molecule has 0 aromatic rings. The Balaban J connectivity index is 2.92. The van der Waals surface area contributed by atoms with Gasteiger partial charge < -0.3 is 9.84 Å². The van der Waals surface area contributed by atoms with Crippen molar-refractivity contribution in [3.05, 3.63) is 11.3 Å². The summed E-state index contributed by atoms with van der Waals surface area (Å²) in [5.41, 5.74) is 0.322. The molecule has 3 nitrogen and oxygen atoms in total. The largest absolute Gasteiger partial charge is 0.508 e. The average Bonchev–Trinajstić information content (AvgIpc) is 1.98. The van der Waals surface area contributed by atoms with Crippen LogP contribution in [0.25, 0.3) is 0 Å². The van der Waals surface area contributed by atoms with Gasteiger partial charge in [-0.1, -0.05) is 0 Å². The van der Waals surface area contributed by atoms with E-state index in [2.05, 4.69) is 4.74 Å². The highest BCUT2D eigenvalue weighted by atomic mass is 16.6. The predicted molar refractivity (Wildman–Crippen MR) is 30.9 cm³/mol. The van der Waals surface area contributed by atoms with Crippen LogP contribution in [0.1, 0.15) is 13.8 Å². The third kappa shape index (κ3) is 0.781. The van der Waals surface area contributed by atoms with Gasteiger partial charge in [0.2, 0.25) is 0 Å². The fraction of sp³-hybridized carbons (Fsp3) is 0.500. The van der Waals surface area contributed by atoms with Crippen molar-refractivity contribution < 1.29 is 14.6 Å². The molecule has 0 aliphatic carbocycles. The van der Waals surface area contributed by atoms with Gasteiger partial charge in [-0.2, -0.15) is 0 Å². The van der Waals surface area contributed by atoms with E-state index in [1.54, 1.807) is 13.8 Å². The highest BCUT2D eigenvalue weighted by Crippen LogP contribution is 2.18.